The molecule has 4 atom stereocenters. The second-order valence-electron chi connectivity index (χ2n) is 5.66. The van der Waals surface area contributed by atoms with E-state index in [0.29, 0.717) is 18.3 Å². The van der Waals surface area contributed by atoms with Crippen LogP contribution in [-0.2, 0) is 4.79 Å². The topological polar surface area (TPSA) is 78.4 Å². The molecule has 1 saturated carbocycles. The molecule has 0 aromatic heterocycles. The standard InChI is InChI=1S/C14H26N2O3/c1-4-11-6-7-12(10(11)3)16-14(19)15-9(2)5-8-13(17)18/h9-12H,4-8H2,1-3H3,(H,17,18)(H2,15,16,19). The van der Waals surface area contributed by atoms with Crippen molar-refractivity contribution in [1.29, 1.82) is 0 Å². The Hall–Kier alpha value is -1.26. The summed E-state index contributed by atoms with van der Waals surface area (Å²) in [6.07, 6.45) is 3.92. The molecule has 0 heterocycles. The van der Waals surface area contributed by atoms with Gasteiger partial charge in [0, 0.05) is 18.5 Å². The van der Waals surface area contributed by atoms with Crippen molar-refractivity contribution >= 4 is 12.0 Å². The molecule has 0 spiro atoms. The summed E-state index contributed by atoms with van der Waals surface area (Å²) in [7, 11) is 0. The molecule has 5 heteroatoms. The fourth-order valence-electron chi connectivity index (χ4n) is 2.87. The summed E-state index contributed by atoms with van der Waals surface area (Å²) in [5, 5.41) is 14.4. The number of rotatable bonds is 6. The zero-order chi connectivity index (χ0) is 14.4. The lowest BCUT2D eigenvalue weighted by atomic mass is 9.93. The molecule has 1 aliphatic rings. The number of nitrogens with one attached hydrogen (secondary N) is 2. The van der Waals surface area contributed by atoms with Gasteiger partial charge in [0.2, 0.25) is 0 Å². The molecule has 1 fully saturated rings. The first-order valence-electron chi connectivity index (χ1n) is 7.22. The number of carboxylic acid groups (broad SMARTS) is 1. The predicted molar refractivity (Wildman–Crippen MR) is 74.0 cm³/mol. The van der Waals surface area contributed by atoms with Gasteiger partial charge in [-0.1, -0.05) is 20.3 Å². The number of aliphatic carboxylic acids is 1. The van der Waals surface area contributed by atoms with Crippen LogP contribution in [0.5, 0.6) is 0 Å². The lowest BCUT2D eigenvalue weighted by molar-refractivity contribution is -0.137. The van der Waals surface area contributed by atoms with Crippen LogP contribution in [0.15, 0.2) is 0 Å². The summed E-state index contributed by atoms with van der Waals surface area (Å²) in [5.74, 6) is 0.393. The summed E-state index contributed by atoms with van der Waals surface area (Å²) in [6, 6.07) is -0.0436. The van der Waals surface area contributed by atoms with Crippen molar-refractivity contribution < 1.29 is 14.7 Å². The molecule has 0 bridgehead atoms. The van der Waals surface area contributed by atoms with Crippen molar-refractivity contribution in [2.75, 3.05) is 0 Å². The molecule has 0 saturated heterocycles. The molecule has 1 rings (SSSR count). The lowest BCUT2D eigenvalue weighted by Gasteiger charge is -2.22. The Morgan fingerprint density at radius 2 is 2.05 bits per heavy atom. The summed E-state index contributed by atoms with van der Waals surface area (Å²) >= 11 is 0. The Morgan fingerprint density at radius 3 is 2.58 bits per heavy atom. The predicted octanol–water partition coefficient (Wildman–Crippen LogP) is 2.36. The molecule has 1 aliphatic carbocycles. The van der Waals surface area contributed by atoms with Crippen LogP contribution in [0.1, 0.15) is 52.9 Å². The monoisotopic (exact) mass is 270 g/mol. The van der Waals surface area contributed by atoms with Crippen molar-refractivity contribution in [2.24, 2.45) is 11.8 Å². The van der Waals surface area contributed by atoms with Gasteiger partial charge in [-0.2, -0.15) is 0 Å². The molecule has 0 aliphatic heterocycles. The van der Waals surface area contributed by atoms with Crippen molar-refractivity contribution in [3.63, 3.8) is 0 Å². The SMILES string of the molecule is CCC1CCC(NC(=O)NC(C)CCC(=O)O)C1C. The highest BCUT2D eigenvalue weighted by atomic mass is 16.4. The van der Waals surface area contributed by atoms with Gasteiger partial charge in [0.25, 0.3) is 0 Å². The van der Waals surface area contributed by atoms with Gasteiger partial charge in [0.1, 0.15) is 0 Å². The first-order chi connectivity index (χ1) is 8.93. The van der Waals surface area contributed by atoms with Crippen molar-refractivity contribution in [3.8, 4) is 0 Å². The van der Waals surface area contributed by atoms with E-state index < -0.39 is 5.97 Å². The van der Waals surface area contributed by atoms with E-state index in [1.165, 1.54) is 6.42 Å². The van der Waals surface area contributed by atoms with Gasteiger partial charge in [0.15, 0.2) is 0 Å². The maximum Gasteiger partial charge on any atom is 0.315 e. The van der Waals surface area contributed by atoms with Gasteiger partial charge in [-0.3, -0.25) is 4.79 Å². The van der Waals surface area contributed by atoms with E-state index >= 15 is 0 Å². The van der Waals surface area contributed by atoms with E-state index in [4.69, 9.17) is 5.11 Å². The number of hydrogen-bond donors (Lipinski definition) is 3. The van der Waals surface area contributed by atoms with Gasteiger partial charge >= 0.3 is 12.0 Å². The Kier molecular flexibility index (Phi) is 6.12. The lowest BCUT2D eigenvalue weighted by Crippen LogP contribution is -2.46. The van der Waals surface area contributed by atoms with E-state index in [1.807, 2.05) is 6.92 Å². The quantitative estimate of drug-likeness (QED) is 0.693. The van der Waals surface area contributed by atoms with E-state index in [1.54, 1.807) is 0 Å². The smallest absolute Gasteiger partial charge is 0.315 e. The minimum absolute atomic E-state index is 0.0825. The van der Waals surface area contributed by atoms with Crippen molar-refractivity contribution in [1.82, 2.24) is 10.6 Å². The number of amides is 2. The summed E-state index contributed by atoms with van der Waals surface area (Å²) in [5.41, 5.74) is 0. The summed E-state index contributed by atoms with van der Waals surface area (Å²) in [6.45, 7) is 6.22. The van der Waals surface area contributed by atoms with Gasteiger partial charge in [-0.15, -0.1) is 0 Å². The van der Waals surface area contributed by atoms with Crippen LogP contribution in [0.2, 0.25) is 0 Å². The number of carbonyl (C=O) groups excluding carboxylic acids is 1. The molecule has 0 aromatic carbocycles. The summed E-state index contributed by atoms with van der Waals surface area (Å²) in [4.78, 5) is 22.3. The molecule has 2 amide bonds. The van der Waals surface area contributed by atoms with E-state index in [2.05, 4.69) is 24.5 Å². The van der Waals surface area contributed by atoms with Gasteiger partial charge in [-0.25, -0.2) is 4.79 Å². The van der Waals surface area contributed by atoms with Crippen LogP contribution < -0.4 is 10.6 Å². The van der Waals surface area contributed by atoms with Gasteiger partial charge < -0.3 is 15.7 Å². The maximum absolute atomic E-state index is 11.8. The Bertz CT molecular complexity index is 320. The zero-order valence-corrected chi connectivity index (χ0v) is 12.1. The number of urea groups is 1. The molecular formula is C14H26N2O3. The normalized spacial score (nSPS) is 27.8. The highest BCUT2D eigenvalue weighted by molar-refractivity contribution is 5.74. The fourth-order valence-corrected chi connectivity index (χ4v) is 2.87. The largest absolute Gasteiger partial charge is 0.481 e. The van der Waals surface area contributed by atoms with Crippen LogP contribution >= 0.6 is 0 Å². The highest BCUT2D eigenvalue weighted by Gasteiger charge is 2.32. The van der Waals surface area contributed by atoms with E-state index in [-0.39, 0.29) is 24.5 Å². The second kappa shape index (κ2) is 7.36. The molecule has 19 heavy (non-hydrogen) atoms. The average molecular weight is 270 g/mol. The van der Waals surface area contributed by atoms with E-state index in [0.717, 1.165) is 12.8 Å². The summed E-state index contributed by atoms with van der Waals surface area (Å²) < 4.78 is 0. The molecule has 3 N–H and O–H groups in total. The first-order valence-corrected chi connectivity index (χ1v) is 7.22. The molecular weight excluding hydrogens is 244 g/mol. The Labute approximate surface area is 115 Å². The third-order valence-electron chi connectivity index (χ3n) is 4.24. The molecule has 5 nitrogen and oxygen atoms in total. The van der Waals surface area contributed by atoms with Gasteiger partial charge in [0.05, 0.1) is 0 Å². The Balaban J connectivity index is 2.29. The van der Waals surface area contributed by atoms with Crippen LogP contribution in [0.4, 0.5) is 4.79 Å². The Morgan fingerprint density at radius 1 is 1.37 bits per heavy atom. The van der Waals surface area contributed by atoms with Crippen LogP contribution in [-0.4, -0.2) is 29.2 Å². The van der Waals surface area contributed by atoms with Crippen molar-refractivity contribution in [3.05, 3.63) is 0 Å². The minimum atomic E-state index is -0.829. The molecule has 110 valence electrons. The third-order valence-corrected chi connectivity index (χ3v) is 4.24. The fraction of sp³-hybridized carbons (Fsp3) is 0.857. The zero-order valence-electron chi connectivity index (χ0n) is 12.1. The first kappa shape index (κ1) is 15.8. The highest BCUT2D eigenvalue weighted by Crippen LogP contribution is 2.33. The van der Waals surface area contributed by atoms with Crippen molar-refractivity contribution in [2.45, 2.75) is 65.0 Å². The number of carbonyl (C=O) groups is 2. The third kappa shape index (κ3) is 5.09. The van der Waals surface area contributed by atoms with Gasteiger partial charge in [-0.05, 0) is 38.0 Å². The maximum atomic E-state index is 11.8. The number of carboxylic acids is 1. The number of hydrogen-bond acceptors (Lipinski definition) is 2. The molecule has 4 unspecified atom stereocenters. The van der Waals surface area contributed by atoms with Crippen LogP contribution in [0.25, 0.3) is 0 Å². The molecule has 0 aromatic rings. The van der Waals surface area contributed by atoms with E-state index in [9.17, 15) is 9.59 Å². The van der Waals surface area contributed by atoms with Crippen LogP contribution in [0.3, 0.4) is 0 Å². The second-order valence-corrected chi connectivity index (χ2v) is 5.66. The van der Waals surface area contributed by atoms with Crippen LogP contribution in [0, 0.1) is 11.8 Å². The molecule has 0 radical (unpaired) electrons. The average Bonchev–Trinajstić information content (AvgIpc) is 2.68. The minimum Gasteiger partial charge on any atom is -0.481 e.